The van der Waals surface area contributed by atoms with E-state index in [9.17, 15) is 26.7 Å². The summed E-state index contributed by atoms with van der Waals surface area (Å²) in [6.07, 6.45) is -8.51. The first kappa shape index (κ1) is 15.3. The Bertz CT molecular complexity index is 485. The molecule has 0 radical (unpaired) electrons. The van der Waals surface area contributed by atoms with Gasteiger partial charge in [0, 0.05) is 11.3 Å². The zero-order valence-electron chi connectivity index (χ0n) is 10.0. The number of alkyl halides is 5. The van der Waals surface area contributed by atoms with Crippen LogP contribution in [0.25, 0.3) is 0 Å². The van der Waals surface area contributed by atoms with Crippen LogP contribution in [0.15, 0.2) is 6.07 Å². The SMILES string of the molecule is COC(=O)Cc1c(C(F)F)cc(C(F)(F)F)nc1C. The summed E-state index contributed by atoms with van der Waals surface area (Å²) in [5, 5.41) is 0. The van der Waals surface area contributed by atoms with Crippen LogP contribution >= 0.6 is 0 Å². The molecule has 0 fully saturated rings. The van der Waals surface area contributed by atoms with Crippen molar-refractivity contribution in [2.24, 2.45) is 0 Å². The highest BCUT2D eigenvalue weighted by Crippen LogP contribution is 2.33. The number of carbonyl (C=O) groups is 1. The van der Waals surface area contributed by atoms with Crippen LogP contribution in [-0.2, 0) is 22.1 Å². The fourth-order valence-corrected chi connectivity index (χ4v) is 1.51. The summed E-state index contributed by atoms with van der Waals surface area (Å²) in [6, 6.07) is 0.260. The third-order valence-corrected chi connectivity index (χ3v) is 2.44. The molecule has 0 atom stereocenters. The lowest BCUT2D eigenvalue weighted by molar-refractivity contribution is -0.141. The first-order valence-electron chi connectivity index (χ1n) is 5.09. The second kappa shape index (κ2) is 5.50. The number of esters is 1. The second-order valence-corrected chi connectivity index (χ2v) is 3.71. The Morgan fingerprint density at radius 1 is 1.42 bits per heavy atom. The zero-order chi connectivity index (χ0) is 14.8. The Balaban J connectivity index is 3.35. The lowest BCUT2D eigenvalue weighted by Crippen LogP contribution is -2.15. The number of hydrogen-bond donors (Lipinski definition) is 0. The van der Waals surface area contributed by atoms with Crippen molar-refractivity contribution in [1.29, 1.82) is 0 Å². The summed E-state index contributed by atoms with van der Waals surface area (Å²) in [5.41, 5.74) is -2.77. The monoisotopic (exact) mass is 283 g/mol. The molecule has 0 unspecified atom stereocenters. The molecule has 19 heavy (non-hydrogen) atoms. The lowest BCUT2D eigenvalue weighted by Gasteiger charge is -2.14. The average Bonchev–Trinajstić information content (AvgIpc) is 2.29. The molecular weight excluding hydrogens is 273 g/mol. The molecular formula is C11H10F5NO2. The van der Waals surface area contributed by atoms with Crippen LogP contribution < -0.4 is 0 Å². The van der Waals surface area contributed by atoms with E-state index in [1.165, 1.54) is 0 Å². The van der Waals surface area contributed by atoms with E-state index >= 15 is 0 Å². The van der Waals surface area contributed by atoms with Gasteiger partial charge in [-0.25, -0.2) is 13.8 Å². The number of aromatic nitrogens is 1. The predicted octanol–water partition coefficient (Wildman–Crippen LogP) is 3.06. The fraction of sp³-hybridized carbons (Fsp3) is 0.455. The summed E-state index contributed by atoms with van der Waals surface area (Å²) >= 11 is 0. The number of rotatable bonds is 3. The highest BCUT2D eigenvalue weighted by Gasteiger charge is 2.35. The third kappa shape index (κ3) is 3.62. The van der Waals surface area contributed by atoms with Crippen LogP contribution in [0.3, 0.4) is 0 Å². The van der Waals surface area contributed by atoms with Crippen molar-refractivity contribution in [2.45, 2.75) is 25.9 Å². The van der Waals surface area contributed by atoms with Gasteiger partial charge < -0.3 is 4.74 Å². The summed E-state index contributed by atoms with van der Waals surface area (Å²) < 4.78 is 67.3. The Morgan fingerprint density at radius 3 is 2.42 bits per heavy atom. The van der Waals surface area contributed by atoms with Gasteiger partial charge in [0.05, 0.1) is 13.5 Å². The van der Waals surface area contributed by atoms with E-state index in [0.29, 0.717) is 0 Å². The van der Waals surface area contributed by atoms with Gasteiger partial charge in [0.2, 0.25) is 0 Å². The number of ether oxygens (including phenoxy) is 1. The summed E-state index contributed by atoms with van der Waals surface area (Å²) in [6.45, 7) is 1.14. The molecule has 0 bridgehead atoms. The standard InChI is InChI=1S/C11H10F5NO2/c1-5-6(4-9(18)19-2)7(10(12)13)3-8(17-5)11(14,15)16/h3,10H,4H2,1-2H3. The van der Waals surface area contributed by atoms with Crippen molar-refractivity contribution in [3.63, 3.8) is 0 Å². The molecule has 0 aromatic carbocycles. The minimum Gasteiger partial charge on any atom is -0.469 e. The maximum absolute atomic E-state index is 12.8. The van der Waals surface area contributed by atoms with E-state index in [4.69, 9.17) is 0 Å². The quantitative estimate of drug-likeness (QED) is 0.632. The molecule has 1 aromatic rings. The van der Waals surface area contributed by atoms with Crippen LogP contribution in [0.1, 0.15) is 28.9 Å². The van der Waals surface area contributed by atoms with Gasteiger partial charge in [-0.2, -0.15) is 13.2 Å². The van der Waals surface area contributed by atoms with Gasteiger partial charge in [0.15, 0.2) is 0 Å². The zero-order valence-corrected chi connectivity index (χ0v) is 10.0. The number of aryl methyl sites for hydroxylation is 1. The van der Waals surface area contributed by atoms with E-state index in [1.54, 1.807) is 0 Å². The highest BCUT2D eigenvalue weighted by molar-refractivity contribution is 5.73. The molecule has 0 amide bonds. The molecule has 0 N–H and O–H groups in total. The van der Waals surface area contributed by atoms with E-state index in [-0.39, 0.29) is 17.3 Å². The molecule has 8 heteroatoms. The molecule has 0 aliphatic rings. The van der Waals surface area contributed by atoms with Crippen molar-refractivity contribution in [2.75, 3.05) is 7.11 Å². The number of carbonyl (C=O) groups excluding carboxylic acids is 1. The average molecular weight is 283 g/mol. The molecule has 0 aliphatic carbocycles. The smallest absolute Gasteiger partial charge is 0.433 e. The van der Waals surface area contributed by atoms with Crippen LogP contribution in [0.5, 0.6) is 0 Å². The minimum absolute atomic E-state index is 0.241. The molecule has 0 aliphatic heterocycles. The highest BCUT2D eigenvalue weighted by atomic mass is 19.4. The van der Waals surface area contributed by atoms with Gasteiger partial charge in [-0.05, 0) is 18.6 Å². The van der Waals surface area contributed by atoms with Crippen molar-refractivity contribution < 1.29 is 31.5 Å². The molecule has 1 rings (SSSR count). The first-order chi connectivity index (χ1) is 8.66. The van der Waals surface area contributed by atoms with Gasteiger partial charge in [-0.15, -0.1) is 0 Å². The van der Waals surface area contributed by atoms with Crippen LogP contribution in [-0.4, -0.2) is 18.1 Å². The number of halogens is 5. The van der Waals surface area contributed by atoms with Crippen molar-refractivity contribution in [1.82, 2.24) is 4.98 Å². The molecule has 106 valence electrons. The predicted molar refractivity (Wildman–Crippen MR) is 54.7 cm³/mol. The topological polar surface area (TPSA) is 39.2 Å². The normalized spacial score (nSPS) is 11.8. The summed E-state index contributed by atoms with van der Waals surface area (Å²) in [4.78, 5) is 14.3. The van der Waals surface area contributed by atoms with E-state index in [0.717, 1.165) is 14.0 Å². The van der Waals surface area contributed by atoms with Gasteiger partial charge in [-0.1, -0.05) is 0 Å². The minimum atomic E-state index is -4.82. The van der Waals surface area contributed by atoms with Crippen molar-refractivity contribution in [3.05, 3.63) is 28.6 Å². The molecule has 3 nitrogen and oxygen atoms in total. The molecule has 1 heterocycles. The lowest BCUT2D eigenvalue weighted by atomic mass is 10.0. The third-order valence-electron chi connectivity index (χ3n) is 2.44. The van der Waals surface area contributed by atoms with Gasteiger partial charge in [-0.3, -0.25) is 4.79 Å². The maximum Gasteiger partial charge on any atom is 0.433 e. The Hall–Kier alpha value is -1.73. The second-order valence-electron chi connectivity index (χ2n) is 3.71. The largest absolute Gasteiger partial charge is 0.469 e. The number of nitrogens with zero attached hydrogens (tertiary/aromatic N) is 1. The number of hydrogen-bond acceptors (Lipinski definition) is 3. The molecule has 0 saturated heterocycles. The van der Waals surface area contributed by atoms with Gasteiger partial charge >= 0.3 is 12.1 Å². The molecule has 1 aromatic heterocycles. The Labute approximate surface area is 105 Å². The Kier molecular flexibility index (Phi) is 4.43. The van der Waals surface area contributed by atoms with Crippen LogP contribution in [0, 0.1) is 6.92 Å². The van der Waals surface area contributed by atoms with E-state index in [1.807, 2.05) is 0 Å². The fourth-order valence-electron chi connectivity index (χ4n) is 1.51. The summed E-state index contributed by atoms with van der Waals surface area (Å²) in [7, 11) is 1.05. The number of pyridine rings is 1. The van der Waals surface area contributed by atoms with Gasteiger partial charge in [0.1, 0.15) is 5.69 Å². The van der Waals surface area contributed by atoms with Gasteiger partial charge in [0.25, 0.3) is 6.43 Å². The van der Waals surface area contributed by atoms with Crippen molar-refractivity contribution >= 4 is 5.97 Å². The van der Waals surface area contributed by atoms with E-state index in [2.05, 4.69) is 9.72 Å². The van der Waals surface area contributed by atoms with Crippen LogP contribution in [0.2, 0.25) is 0 Å². The van der Waals surface area contributed by atoms with Crippen LogP contribution in [0.4, 0.5) is 22.0 Å². The Morgan fingerprint density at radius 2 is 2.00 bits per heavy atom. The molecule has 0 saturated carbocycles. The van der Waals surface area contributed by atoms with E-state index < -0.39 is 36.2 Å². The summed E-state index contributed by atoms with van der Waals surface area (Å²) in [5.74, 6) is -0.827. The first-order valence-corrected chi connectivity index (χ1v) is 5.09. The van der Waals surface area contributed by atoms with Crippen molar-refractivity contribution in [3.8, 4) is 0 Å². The number of methoxy groups -OCH3 is 1. The molecule has 0 spiro atoms. The maximum atomic E-state index is 12.8.